The van der Waals surface area contributed by atoms with Crippen molar-refractivity contribution in [1.82, 2.24) is 9.55 Å². The van der Waals surface area contributed by atoms with Crippen molar-refractivity contribution in [3.8, 4) is 0 Å². The number of amides is 1. The van der Waals surface area contributed by atoms with Crippen molar-refractivity contribution in [2.24, 2.45) is 11.5 Å². The molecule has 1 unspecified atom stereocenters. The number of carbonyl (C=O) groups excluding carboxylic acids is 1. The second-order valence-electron chi connectivity index (χ2n) is 4.83. The number of carbonyl (C=O) groups is 1. The molecule has 4 N–H and O–H groups in total. The van der Waals surface area contributed by atoms with E-state index in [2.05, 4.69) is 9.55 Å². The fourth-order valence-corrected chi connectivity index (χ4v) is 1.95. The summed E-state index contributed by atoms with van der Waals surface area (Å²) in [6, 6.07) is 7.90. The third-order valence-electron chi connectivity index (χ3n) is 3.26. The first-order chi connectivity index (χ1) is 8.42. The zero-order valence-electron chi connectivity index (χ0n) is 10.7. The van der Waals surface area contributed by atoms with Gasteiger partial charge in [0.15, 0.2) is 0 Å². The van der Waals surface area contributed by atoms with Crippen LogP contribution in [0.5, 0.6) is 0 Å². The monoisotopic (exact) mass is 246 g/mol. The van der Waals surface area contributed by atoms with Crippen LogP contribution in [0.2, 0.25) is 0 Å². The third kappa shape index (κ3) is 2.22. The smallest absolute Gasteiger partial charge is 0.237 e. The lowest BCUT2D eigenvalue weighted by Gasteiger charge is -2.21. The minimum Gasteiger partial charge on any atom is -0.368 e. The summed E-state index contributed by atoms with van der Waals surface area (Å²) in [6.45, 7) is 4.23. The van der Waals surface area contributed by atoms with E-state index in [1.807, 2.05) is 31.2 Å². The summed E-state index contributed by atoms with van der Waals surface area (Å²) in [5.41, 5.74) is 12.1. The molecule has 0 aliphatic heterocycles. The number of aryl methyl sites for hydroxylation is 2. The Labute approximate surface area is 106 Å². The zero-order valence-corrected chi connectivity index (χ0v) is 10.7. The minimum absolute atomic E-state index is 0.482. The molecular formula is C13H18N4O. The largest absolute Gasteiger partial charge is 0.368 e. The first kappa shape index (κ1) is 12.6. The number of para-hydroxylation sites is 2. The number of benzene rings is 1. The van der Waals surface area contributed by atoms with Crippen LogP contribution in [0.1, 0.15) is 19.2 Å². The van der Waals surface area contributed by atoms with Gasteiger partial charge in [-0.2, -0.15) is 0 Å². The first-order valence-electron chi connectivity index (χ1n) is 5.92. The van der Waals surface area contributed by atoms with E-state index in [-0.39, 0.29) is 0 Å². The van der Waals surface area contributed by atoms with Crippen molar-refractivity contribution in [2.45, 2.75) is 32.4 Å². The van der Waals surface area contributed by atoms with E-state index in [1.165, 1.54) is 0 Å². The van der Waals surface area contributed by atoms with Crippen molar-refractivity contribution in [2.75, 3.05) is 0 Å². The van der Waals surface area contributed by atoms with Crippen molar-refractivity contribution in [3.63, 3.8) is 0 Å². The fourth-order valence-electron chi connectivity index (χ4n) is 1.95. The van der Waals surface area contributed by atoms with Crippen LogP contribution in [0, 0.1) is 6.92 Å². The van der Waals surface area contributed by atoms with Gasteiger partial charge in [0.05, 0.1) is 16.6 Å². The Balaban J connectivity index is 2.27. The van der Waals surface area contributed by atoms with Crippen LogP contribution in [-0.2, 0) is 11.3 Å². The number of primary amides is 1. The van der Waals surface area contributed by atoms with Crippen LogP contribution in [0.25, 0.3) is 11.0 Å². The molecule has 1 aromatic carbocycles. The molecule has 1 heterocycles. The Morgan fingerprint density at radius 3 is 2.78 bits per heavy atom. The molecule has 0 bridgehead atoms. The van der Waals surface area contributed by atoms with Crippen LogP contribution in [-0.4, -0.2) is 21.0 Å². The number of aromatic nitrogens is 2. The van der Waals surface area contributed by atoms with Crippen LogP contribution in [0.3, 0.4) is 0 Å². The minimum atomic E-state index is -0.988. The van der Waals surface area contributed by atoms with Gasteiger partial charge in [0.25, 0.3) is 0 Å². The van der Waals surface area contributed by atoms with Gasteiger partial charge in [-0.1, -0.05) is 12.1 Å². The molecule has 0 aliphatic rings. The highest BCUT2D eigenvalue weighted by Gasteiger charge is 2.25. The zero-order chi connectivity index (χ0) is 13.3. The summed E-state index contributed by atoms with van der Waals surface area (Å²) in [4.78, 5) is 15.7. The molecule has 96 valence electrons. The quantitative estimate of drug-likeness (QED) is 0.841. The molecule has 5 heteroatoms. The predicted octanol–water partition coefficient (Wildman–Crippen LogP) is 0.938. The highest BCUT2D eigenvalue weighted by molar-refractivity contribution is 5.83. The SMILES string of the molecule is Cc1nc2ccccc2n1CCC(C)(N)C(N)=O. The first-order valence-corrected chi connectivity index (χ1v) is 5.92. The summed E-state index contributed by atoms with van der Waals surface area (Å²) in [6.07, 6.45) is 0.490. The van der Waals surface area contributed by atoms with Gasteiger partial charge < -0.3 is 16.0 Å². The second-order valence-corrected chi connectivity index (χ2v) is 4.83. The van der Waals surface area contributed by atoms with Gasteiger partial charge >= 0.3 is 0 Å². The van der Waals surface area contributed by atoms with E-state index < -0.39 is 11.4 Å². The Bertz CT molecular complexity index is 586. The van der Waals surface area contributed by atoms with Crippen molar-refractivity contribution in [3.05, 3.63) is 30.1 Å². The standard InChI is InChI=1S/C13H18N4O/c1-9-16-10-5-3-4-6-11(10)17(9)8-7-13(2,15)12(14)18/h3-6H,7-8,15H2,1-2H3,(H2,14,18). The Hall–Kier alpha value is -1.88. The molecule has 18 heavy (non-hydrogen) atoms. The molecule has 5 nitrogen and oxygen atoms in total. The number of rotatable bonds is 4. The molecular weight excluding hydrogens is 228 g/mol. The lowest BCUT2D eigenvalue weighted by Crippen LogP contribution is -2.49. The number of nitrogens with zero attached hydrogens (tertiary/aromatic N) is 2. The normalized spacial score (nSPS) is 14.6. The lowest BCUT2D eigenvalue weighted by molar-refractivity contribution is -0.122. The summed E-state index contributed by atoms with van der Waals surface area (Å²) < 4.78 is 2.06. The highest BCUT2D eigenvalue weighted by Crippen LogP contribution is 2.17. The van der Waals surface area contributed by atoms with Gasteiger partial charge in [0, 0.05) is 6.54 Å². The van der Waals surface area contributed by atoms with Gasteiger partial charge in [-0.05, 0) is 32.4 Å². The number of hydrogen-bond donors (Lipinski definition) is 2. The molecule has 0 fully saturated rings. The molecule has 1 amide bonds. The third-order valence-corrected chi connectivity index (χ3v) is 3.26. The average Bonchev–Trinajstić information content (AvgIpc) is 2.62. The van der Waals surface area contributed by atoms with E-state index >= 15 is 0 Å². The molecule has 1 atom stereocenters. The summed E-state index contributed by atoms with van der Waals surface area (Å²) in [5.74, 6) is 0.432. The van der Waals surface area contributed by atoms with E-state index in [0.717, 1.165) is 16.9 Å². The number of fused-ring (bicyclic) bond motifs is 1. The average molecular weight is 246 g/mol. The van der Waals surface area contributed by atoms with Crippen molar-refractivity contribution < 1.29 is 4.79 Å². The lowest BCUT2D eigenvalue weighted by atomic mass is 9.98. The van der Waals surface area contributed by atoms with Crippen LogP contribution in [0.15, 0.2) is 24.3 Å². The Kier molecular flexibility index (Phi) is 3.09. The van der Waals surface area contributed by atoms with Gasteiger partial charge in [-0.15, -0.1) is 0 Å². The van der Waals surface area contributed by atoms with Gasteiger partial charge in [-0.25, -0.2) is 4.98 Å². The molecule has 0 aliphatic carbocycles. The van der Waals surface area contributed by atoms with Gasteiger partial charge in [0.2, 0.25) is 5.91 Å². The number of nitrogens with two attached hydrogens (primary N) is 2. The van der Waals surface area contributed by atoms with Crippen LogP contribution < -0.4 is 11.5 Å². The van der Waals surface area contributed by atoms with E-state index in [4.69, 9.17) is 11.5 Å². The van der Waals surface area contributed by atoms with E-state index in [0.29, 0.717) is 13.0 Å². The molecule has 2 rings (SSSR count). The maximum absolute atomic E-state index is 11.2. The number of hydrogen-bond acceptors (Lipinski definition) is 3. The fraction of sp³-hybridized carbons (Fsp3) is 0.385. The van der Waals surface area contributed by atoms with Crippen molar-refractivity contribution in [1.29, 1.82) is 0 Å². The highest BCUT2D eigenvalue weighted by atomic mass is 16.1. The topological polar surface area (TPSA) is 86.9 Å². The molecule has 0 spiro atoms. The maximum atomic E-state index is 11.2. The molecule has 0 radical (unpaired) electrons. The van der Waals surface area contributed by atoms with Crippen LogP contribution >= 0.6 is 0 Å². The maximum Gasteiger partial charge on any atom is 0.237 e. The molecule has 0 saturated heterocycles. The van der Waals surface area contributed by atoms with E-state index in [9.17, 15) is 4.79 Å². The van der Waals surface area contributed by atoms with Crippen LogP contribution in [0.4, 0.5) is 0 Å². The summed E-state index contributed by atoms with van der Waals surface area (Å²) >= 11 is 0. The molecule has 2 aromatic rings. The summed E-state index contributed by atoms with van der Waals surface area (Å²) in [7, 11) is 0. The summed E-state index contributed by atoms with van der Waals surface area (Å²) in [5, 5.41) is 0. The van der Waals surface area contributed by atoms with E-state index in [1.54, 1.807) is 6.92 Å². The van der Waals surface area contributed by atoms with Crippen molar-refractivity contribution >= 4 is 16.9 Å². The Morgan fingerprint density at radius 2 is 2.11 bits per heavy atom. The molecule has 0 saturated carbocycles. The predicted molar refractivity (Wildman–Crippen MR) is 70.9 cm³/mol. The number of imidazole rings is 1. The van der Waals surface area contributed by atoms with Gasteiger partial charge in [0.1, 0.15) is 5.82 Å². The Morgan fingerprint density at radius 1 is 1.44 bits per heavy atom. The van der Waals surface area contributed by atoms with Gasteiger partial charge in [-0.3, -0.25) is 4.79 Å². The second kappa shape index (κ2) is 4.42. The molecule has 1 aromatic heterocycles.